The number of fused-ring (bicyclic) bond motifs is 6. The second-order valence-corrected chi connectivity index (χ2v) is 20.9. The molecule has 11 aromatic carbocycles. The molecule has 0 saturated heterocycles. The number of hydrogen-bond acceptors (Lipinski definition) is 10. The minimum Gasteiger partial charge on any atom is -0.309 e. The van der Waals surface area contributed by atoms with Crippen molar-refractivity contribution in [1.29, 1.82) is 36.8 Å². The van der Waals surface area contributed by atoms with Crippen molar-refractivity contribution < 1.29 is 0 Å². The van der Waals surface area contributed by atoms with E-state index in [2.05, 4.69) is 94.1 Å². The van der Waals surface area contributed by atoms with Gasteiger partial charge in [0.15, 0.2) is 17.5 Å². The Morgan fingerprint density at radius 1 is 0.250 bits per heavy atom. The molecule has 0 saturated carbocycles. The molecule has 3 heterocycles. The molecule has 0 fully saturated rings. The van der Waals surface area contributed by atoms with Crippen LogP contribution >= 0.6 is 0 Å². The fourth-order valence-corrected chi connectivity index (χ4v) is 12.1. The summed E-state index contributed by atoms with van der Waals surface area (Å²) in [5, 5.41) is 75.5. The standard InChI is InChI=1S/C76H38N12/c77-39-46-31-55(42-80)72(56(32-46)43-81)51-24-28-70-64(36-51)60-19-9-11-21-66(60)87(70)68-30-26-53(76-85-74(48-13-3-1-4-14-48)84-75(86-76)49-15-5-2-6-16-49)38-62(68)50-23-27-69(63(35-50)59-18-8-7-17-54(59)41-79)88-67-22-12-10-20-61(67)65-37-52(25-29-71(65)88)73-57(44-82)33-47(40-78)34-58(73)45-83/h1-38H. The van der Waals surface area contributed by atoms with Crippen molar-refractivity contribution in [3.8, 4) is 133 Å². The molecule has 88 heavy (non-hydrogen) atoms. The lowest BCUT2D eigenvalue weighted by Crippen LogP contribution is -2.03. The molecular weight excluding hydrogens is 1080 g/mol. The molecule has 402 valence electrons. The van der Waals surface area contributed by atoms with E-state index in [4.69, 9.17) is 15.0 Å². The summed E-state index contributed by atoms with van der Waals surface area (Å²) in [6, 6.07) is 89.1. The zero-order chi connectivity index (χ0) is 60.0. The predicted molar refractivity (Wildman–Crippen MR) is 340 cm³/mol. The van der Waals surface area contributed by atoms with Gasteiger partial charge < -0.3 is 9.13 Å². The molecular formula is C76H38N12. The predicted octanol–water partition coefficient (Wildman–Crippen LogP) is 16.8. The summed E-state index contributed by atoms with van der Waals surface area (Å²) < 4.78 is 4.40. The molecule has 0 radical (unpaired) electrons. The molecule has 0 N–H and O–H groups in total. The van der Waals surface area contributed by atoms with Crippen molar-refractivity contribution in [3.63, 3.8) is 0 Å². The van der Waals surface area contributed by atoms with Gasteiger partial charge in [-0.2, -0.15) is 36.8 Å². The minimum atomic E-state index is 0.217. The van der Waals surface area contributed by atoms with Crippen molar-refractivity contribution >= 4 is 43.6 Å². The summed E-state index contributed by atoms with van der Waals surface area (Å²) in [7, 11) is 0. The average Bonchev–Trinajstić information content (AvgIpc) is 2.00. The third kappa shape index (κ3) is 8.77. The molecule has 0 atom stereocenters. The van der Waals surface area contributed by atoms with Gasteiger partial charge in [-0.3, -0.25) is 0 Å². The highest BCUT2D eigenvalue weighted by atomic mass is 15.0. The van der Waals surface area contributed by atoms with Crippen molar-refractivity contribution in [2.24, 2.45) is 0 Å². The van der Waals surface area contributed by atoms with Crippen LogP contribution in [0.3, 0.4) is 0 Å². The summed E-state index contributed by atoms with van der Waals surface area (Å²) in [5.74, 6) is 1.44. The van der Waals surface area contributed by atoms with Gasteiger partial charge in [-0.05, 0) is 114 Å². The molecule has 0 aliphatic heterocycles. The van der Waals surface area contributed by atoms with Gasteiger partial charge in [0.2, 0.25) is 0 Å². The molecule has 0 spiro atoms. The van der Waals surface area contributed by atoms with E-state index in [0.29, 0.717) is 56.4 Å². The van der Waals surface area contributed by atoms with E-state index in [9.17, 15) is 36.8 Å². The molecule has 0 aliphatic carbocycles. The molecule has 0 unspecified atom stereocenters. The van der Waals surface area contributed by atoms with Crippen molar-refractivity contribution in [2.75, 3.05) is 0 Å². The maximum absolute atomic E-state index is 10.9. The first-order valence-corrected chi connectivity index (χ1v) is 27.8. The van der Waals surface area contributed by atoms with E-state index in [1.807, 2.05) is 164 Å². The highest BCUT2D eigenvalue weighted by Crippen LogP contribution is 2.45. The second kappa shape index (κ2) is 21.7. The minimum absolute atomic E-state index is 0.217. The summed E-state index contributed by atoms with van der Waals surface area (Å²) in [6.45, 7) is 0. The summed E-state index contributed by atoms with van der Waals surface area (Å²) in [4.78, 5) is 15.4. The number of para-hydroxylation sites is 2. The van der Waals surface area contributed by atoms with Gasteiger partial charge in [0.25, 0.3) is 0 Å². The highest BCUT2D eigenvalue weighted by molar-refractivity contribution is 6.13. The van der Waals surface area contributed by atoms with E-state index in [1.165, 1.54) is 24.3 Å². The second-order valence-electron chi connectivity index (χ2n) is 20.9. The van der Waals surface area contributed by atoms with Crippen LogP contribution in [0, 0.1) is 79.3 Å². The fraction of sp³-hybridized carbons (Fsp3) is 0. The van der Waals surface area contributed by atoms with Crippen LogP contribution in [0.4, 0.5) is 0 Å². The van der Waals surface area contributed by atoms with E-state index < -0.39 is 0 Å². The smallest absolute Gasteiger partial charge is 0.164 e. The maximum atomic E-state index is 10.9. The van der Waals surface area contributed by atoms with Crippen LogP contribution in [-0.2, 0) is 0 Å². The zero-order valence-electron chi connectivity index (χ0n) is 46.3. The Labute approximate surface area is 503 Å². The molecule has 12 heteroatoms. The van der Waals surface area contributed by atoms with Gasteiger partial charge in [-0.25, -0.2) is 15.0 Å². The molecule has 14 aromatic rings. The summed E-state index contributed by atoms with van der Waals surface area (Å²) >= 11 is 0. The third-order valence-corrected chi connectivity index (χ3v) is 16.0. The quantitative estimate of drug-likeness (QED) is 0.133. The van der Waals surface area contributed by atoms with Gasteiger partial charge in [-0.15, -0.1) is 0 Å². The van der Waals surface area contributed by atoms with Crippen LogP contribution in [0.2, 0.25) is 0 Å². The Morgan fingerprint density at radius 2 is 0.625 bits per heavy atom. The van der Waals surface area contributed by atoms with E-state index >= 15 is 0 Å². The normalized spacial score (nSPS) is 10.9. The first-order chi connectivity index (χ1) is 43.3. The Bertz CT molecular complexity index is 5480. The van der Waals surface area contributed by atoms with E-state index in [1.54, 1.807) is 0 Å². The van der Waals surface area contributed by atoms with Crippen LogP contribution in [0.15, 0.2) is 231 Å². The lowest BCUT2D eigenvalue weighted by molar-refractivity contribution is 1.07. The van der Waals surface area contributed by atoms with Gasteiger partial charge in [0.1, 0.15) is 0 Å². The largest absolute Gasteiger partial charge is 0.309 e. The van der Waals surface area contributed by atoms with E-state index in [0.717, 1.165) is 82.8 Å². The van der Waals surface area contributed by atoms with Gasteiger partial charge in [0.05, 0.1) is 115 Å². The number of rotatable bonds is 9. The first kappa shape index (κ1) is 52.5. The van der Waals surface area contributed by atoms with Crippen LogP contribution < -0.4 is 0 Å². The van der Waals surface area contributed by atoms with Gasteiger partial charge in [-0.1, -0.05) is 133 Å². The SMILES string of the molecule is N#Cc1cc(C#N)c(-c2ccc3c(c2)c2ccccc2n3-c2ccc(-c3nc(-c4ccccc4)nc(-c4ccccc4)n3)cc2-c2ccc(-n3c4ccccc4c4cc(-c5c(C#N)cc(C#N)cc5C#N)ccc43)c(-c3ccccc3C#N)c2)c(C#N)c1. The first-order valence-electron chi connectivity index (χ1n) is 27.8. The number of hydrogen-bond donors (Lipinski definition) is 0. The Hall–Kier alpha value is -13.5. The van der Waals surface area contributed by atoms with E-state index in [-0.39, 0.29) is 33.4 Å². The van der Waals surface area contributed by atoms with Crippen LogP contribution in [0.25, 0.3) is 134 Å². The molecule has 0 aliphatic rings. The Morgan fingerprint density at radius 3 is 1.09 bits per heavy atom. The highest BCUT2D eigenvalue weighted by Gasteiger charge is 2.25. The number of benzene rings is 11. The number of nitrogens with zero attached hydrogens (tertiary/aromatic N) is 12. The maximum Gasteiger partial charge on any atom is 0.164 e. The Kier molecular flexibility index (Phi) is 12.9. The van der Waals surface area contributed by atoms with Gasteiger partial charge in [0, 0.05) is 66.1 Å². The number of nitriles is 7. The lowest BCUT2D eigenvalue weighted by atomic mass is 9.92. The fourth-order valence-electron chi connectivity index (χ4n) is 12.1. The lowest BCUT2D eigenvalue weighted by Gasteiger charge is -2.20. The molecule has 0 amide bonds. The molecule has 3 aromatic heterocycles. The monoisotopic (exact) mass is 1120 g/mol. The summed E-state index contributed by atoms with van der Waals surface area (Å²) in [6.07, 6.45) is 0. The van der Waals surface area contributed by atoms with Crippen LogP contribution in [-0.4, -0.2) is 24.1 Å². The van der Waals surface area contributed by atoms with Crippen LogP contribution in [0.5, 0.6) is 0 Å². The Balaban J connectivity index is 1.04. The summed E-state index contributed by atoms with van der Waals surface area (Å²) in [5.41, 5.74) is 14.3. The van der Waals surface area contributed by atoms with Gasteiger partial charge >= 0.3 is 0 Å². The third-order valence-electron chi connectivity index (χ3n) is 16.0. The van der Waals surface area contributed by atoms with Crippen LogP contribution in [0.1, 0.15) is 38.9 Å². The number of aromatic nitrogens is 5. The zero-order valence-corrected chi connectivity index (χ0v) is 46.3. The molecule has 14 rings (SSSR count). The van der Waals surface area contributed by atoms with Crippen molar-refractivity contribution in [2.45, 2.75) is 0 Å². The topological polar surface area (TPSA) is 215 Å². The molecule has 12 nitrogen and oxygen atoms in total. The molecule has 0 bridgehead atoms. The van der Waals surface area contributed by atoms with Crippen molar-refractivity contribution in [3.05, 3.63) is 269 Å². The average molecular weight is 1120 g/mol. The van der Waals surface area contributed by atoms with Crippen molar-refractivity contribution in [1.82, 2.24) is 24.1 Å².